The number of carbonyl (C=O) groups is 2. The molecule has 1 aromatic carbocycles. The van der Waals surface area contributed by atoms with E-state index in [1.165, 1.54) is 20.3 Å². The molecule has 0 aromatic heterocycles. The van der Waals surface area contributed by atoms with E-state index in [1.54, 1.807) is 0 Å². The highest BCUT2D eigenvalue weighted by atomic mass is 16.5. The van der Waals surface area contributed by atoms with E-state index in [-0.39, 0.29) is 29.6 Å². The van der Waals surface area contributed by atoms with Crippen molar-refractivity contribution in [2.45, 2.75) is 45.6 Å². The Morgan fingerprint density at radius 2 is 1.88 bits per heavy atom. The van der Waals surface area contributed by atoms with Gasteiger partial charge in [-0.2, -0.15) is 0 Å². The van der Waals surface area contributed by atoms with Crippen LogP contribution < -0.4 is 4.74 Å². The van der Waals surface area contributed by atoms with Crippen molar-refractivity contribution in [3.63, 3.8) is 0 Å². The Morgan fingerprint density at radius 1 is 1.20 bits per heavy atom. The summed E-state index contributed by atoms with van der Waals surface area (Å²) in [5.74, 6) is -2.18. The molecule has 2 N–H and O–H groups in total. The van der Waals surface area contributed by atoms with E-state index in [1.807, 2.05) is 13.8 Å². The van der Waals surface area contributed by atoms with Gasteiger partial charge in [0.15, 0.2) is 11.5 Å². The molecule has 1 aromatic rings. The van der Waals surface area contributed by atoms with E-state index >= 15 is 0 Å². The monoisotopic (exact) mass is 354 g/mol. The van der Waals surface area contributed by atoms with Crippen LogP contribution in [0.15, 0.2) is 12.1 Å². The van der Waals surface area contributed by atoms with Crippen molar-refractivity contribution >= 4 is 11.9 Å². The van der Waals surface area contributed by atoms with Crippen LogP contribution in [0.3, 0.4) is 0 Å². The molecule has 0 radical (unpaired) electrons. The Balaban J connectivity index is 2.93. The lowest BCUT2D eigenvalue weighted by Crippen LogP contribution is -2.27. The molecule has 0 aliphatic heterocycles. The second-order valence-corrected chi connectivity index (χ2v) is 5.89. The van der Waals surface area contributed by atoms with E-state index in [0.717, 1.165) is 18.9 Å². The molecule has 0 fully saturated rings. The predicted octanol–water partition coefficient (Wildman–Crippen LogP) is 3.02. The smallest absolute Gasteiger partial charge is 0.338 e. The zero-order chi connectivity index (χ0) is 19.0. The van der Waals surface area contributed by atoms with Gasteiger partial charge >= 0.3 is 11.9 Å². The number of methoxy groups -OCH3 is 2. The molecule has 0 unspecified atom stereocenters. The van der Waals surface area contributed by atoms with Gasteiger partial charge in [-0.05, 0) is 18.6 Å². The van der Waals surface area contributed by atoms with Gasteiger partial charge < -0.3 is 24.4 Å². The summed E-state index contributed by atoms with van der Waals surface area (Å²) >= 11 is 0. The van der Waals surface area contributed by atoms with Gasteiger partial charge in [0.25, 0.3) is 0 Å². The largest absolute Gasteiger partial charge is 0.504 e. The Labute approximate surface area is 147 Å². The Morgan fingerprint density at radius 3 is 2.44 bits per heavy atom. The Hall–Kier alpha value is -2.44. The van der Waals surface area contributed by atoms with E-state index in [0.29, 0.717) is 6.42 Å². The van der Waals surface area contributed by atoms with Crippen LogP contribution in [0.1, 0.15) is 49.9 Å². The lowest BCUT2D eigenvalue weighted by molar-refractivity contribution is -0.142. The van der Waals surface area contributed by atoms with Crippen molar-refractivity contribution in [3.05, 3.63) is 17.7 Å². The molecule has 0 amide bonds. The first-order valence-corrected chi connectivity index (χ1v) is 8.21. The summed E-state index contributed by atoms with van der Waals surface area (Å²) in [6.45, 7) is 3.84. The van der Waals surface area contributed by atoms with Crippen LogP contribution in [0.25, 0.3) is 0 Å². The Kier molecular flexibility index (Phi) is 8.04. The summed E-state index contributed by atoms with van der Waals surface area (Å²) in [4.78, 5) is 23.9. The number of phenols is 2. The fraction of sp³-hybridized carbons (Fsp3) is 0.556. The molecule has 0 saturated carbocycles. The number of hydrogen-bond donors (Lipinski definition) is 2. The lowest BCUT2D eigenvalue weighted by Gasteiger charge is -2.23. The van der Waals surface area contributed by atoms with Gasteiger partial charge in [-0.3, -0.25) is 4.79 Å². The minimum atomic E-state index is -0.661. The third-order valence-electron chi connectivity index (χ3n) is 3.96. The van der Waals surface area contributed by atoms with Crippen molar-refractivity contribution in [1.29, 1.82) is 0 Å². The van der Waals surface area contributed by atoms with Gasteiger partial charge in [-0.15, -0.1) is 0 Å². The first-order chi connectivity index (χ1) is 11.8. The highest BCUT2D eigenvalue weighted by molar-refractivity contribution is 5.91. The molecular weight excluding hydrogens is 328 g/mol. The van der Waals surface area contributed by atoms with Crippen molar-refractivity contribution in [2.24, 2.45) is 5.92 Å². The third-order valence-corrected chi connectivity index (χ3v) is 3.96. The predicted molar refractivity (Wildman–Crippen MR) is 90.8 cm³/mol. The summed E-state index contributed by atoms with van der Waals surface area (Å²) in [6.07, 6.45) is 2.05. The molecule has 0 bridgehead atoms. The van der Waals surface area contributed by atoms with Crippen LogP contribution in [0.5, 0.6) is 17.2 Å². The van der Waals surface area contributed by atoms with Crippen LogP contribution in [0, 0.1) is 5.92 Å². The van der Waals surface area contributed by atoms with Crippen LogP contribution in [-0.2, 0) is 14.3 Å². The average molecular weight is 354 g/mol. The topological polar surface area (TPSA) is 102 Å². The standard InChI is InChI=1S/C18H26O7/c1-5-6-7-14(11(2)8-16(20)24-4)25-18(22)12-9-13(19)17(21)15(10-12)23-3/h9-11,14,19,21H,5-8H2,1-4H3/t11-,14-/m0/s1. The van der Waals surface area contributed by atoms with E-state index in [4.69, 9.17) is 9.47 Å². The first kappa shape index (κ1) is 20.6. The molecule has 0 saturated heterocycles. The van der Waals surface area contributed by atoms with Crippen molar-refractivity contribution in [2.75, 3.05) is 14.2 Å². The number of ether oxygens (including phenoxy) is 3. The number of rotatable bonds is 9. The second kappa shape index (κ2) is 9.76. The maximum absolute atomic E-state index is 12.4. The molecule has 1 rings (SSSR count). The second-order valence-electron chi connectivity index (χ2n) is 5.89. The summed E-state index contributed by atoms with van der Waals surface area (Å²) in [5, 5.41) is 19.3. The molecule has 2 atom stereocenters. The summed E-state index contributed by atoms with van der Waals surface area (Å²) < 4.78 is 15.1. The summed E-state index contributed by atoms with van der Waals surface area (Å²) in [5.41, 5.74) is 0.0546. The highest BCUT2D eigenvalue weighted by Gasteiger charge is 2.25. The normalized spacial score (nSPS) is 13.0. The fourth-order valence-corrected chi connectivity index (χ4v) is 2.41. The van der Waals surface area contributed by atoms with Crippen LogP contribution in [0.2, 0.25) is 0 Å². The van der Waals surface area contributed by atoms with E-state index in [9.17, 15) is 19.8 Å². The number of phenolic OH excluding ortho intramolecular Hbond substituents is 2. The highest BCUT2D eigenvalue weighted by Crippen LogP contribution is 2.36. The maximum Gasteiger partial charge on any atom is 0.338 e. The van der Waals surface area contributed by atoms with Crippen molar-refractivity contribution in [1.82, 2.24) is 0 Å². The number of carbonyl (C=O) groups excluding carboxylic acids is 2. The molecule has 140 valence electrons. The van der Waals surface area contributed by atoms with Gasteiger partial charge in [0, 0.05) is 5.92 Å². The zero-order valence-corrected chi connectivity index (χ0v) is 15.1. The number of unbranched alkanes of at least 4 members (excludes halogenated alkanes) is 1. The molecule has 7 nitrogen and oxygen atoms in total. The van der Waals surface area contributed by atoms with Gasteiger partial charge in [0.2, 0.25) is 5.75 Å². The van der Waals surface area contributed by atoms with Gasteiger partial charge in [-0.1, -0.05) is 26.7 Å². The van der Waals surface area contributed by atoms with Crippen LogP contribution in [0.4, 0.5) is 0 Å². The number of hydrogen-bond acceptors (Lipinski definition) is 7. The van der Waals surface area contributed by atoms with Gasteiger partial charge in [0.05, 0.1) is 26.2 Å². The number of benzene rings is 1. The van der Waals surface area contributed by atoms with Gasteiger partial charge in [0.1, 0.15) is 6.10 Å². The quantitative estimate of drug-likeness (QED) is 0.519. The molecule has 0 heterocycles. The molecule has 0 spiro atoms. The molecule has 7 heteroatoms. The SMILES string of the molecule is CCCC[C@H](OC(=O)c1cc(O)c(O)c(OC)c1)[C@@H](C)CC(=O)OC. The fourth-order valence-electron chi connectivity index (χ4n) is 2.41. The van der Waals surface area contributed by atoms with Crippen LogP contribution in [-0.4, -0.2) is 42.5 Å². The molecule has 0 aliphatic carbocycles. The zero-order valence-electron chi connectivity index (χ0n) is 15.1. The molecular formula is C18H26O7. The minimum absolute atomic E-state index is 0.0281. The third kappa shape index (κ3) is 5.85. The van der Waals surface area contributed by atoms with E-state index < -0.39 is 23.6 Å². The Bertz CT molecular complexity index is 597. The van der Waals surface area contributed by atoms with Crippen LogP contribution >= 0.6 is 0 Å². The molecule has 0 aliphatic rings. The van der Waals surface area contributed by atoms with Crippen molar-refractivity contribution in [3.8, 4) is 17.2 Å². The number of esters is 2. The molecule has 25 heavy (non-hydrogen) atoms. The summed E-state index contributed by atoms with van der Waals surface area (Å²) in [7, 11) is 2.62. The maximum atomic E-state index is 12.4. The van der Waals surface area contributed by atoms with Gasteiger partial charge in [-0.25, -0.2) is 4.79 Å². The number of aromatic hydroxyl groups is 2. The van der Waals surface area contributed by atoms with E-state index in [2.05, 4.69) is 4.74 Å². The first-order valence-electron chi connectivity index (χ1n) is 8.21. The lowest BCUT2D eigenvalue weighted by atomic mass is 9.96. The summed E-state index contributed by atoms with van der Waals surface area (Å²) in [6, 6.07) is 2.40. The van der Waals surface area contributed by atoms with Crippen molar-refractivity contribution < 1.29 is 34.0 Å². The minimum Gasteiger partial charge on any atom is -0.504 e. The average Bonchev–Trinajstić information content (AvgIpc) is 2.60.